The fourth-order valence-electron chi connectivity index (χ4n) is 3.57. The summed E-state index contributed by atoms with van der Waals surface area (Å²) in [7, 11) is 0. The Labute approximate surface area is 165 Å². The lowest BCUT2D eigenvalue weighted by atomic mass is 10.1. The number of H-pyrrole nitrogens is 1. The Morgan fingerprint density at radius 3 is 2.56 bits per heavy atom. The fourth-order valence-corrected chi connectivity index (χ4v) is 3.93. The zero-order valence-corrected chi connectivity index (χ0v) is 16.6. The summed E-state index contributed by atoms with van der Waals surface area (Å²) in [6.45, 7) is 4.91. The number of pyridine rings is 1. The van der Waals surface area contributed by atoms with E-state index in [1.807, 2.05) is 23.1 Å². The molecule has 1 aromatic heterocycles. The maximum atomic E-state index is 13.1. The molecule has 0 bridgehead atoms. The molecule has 0 atom stereocenters. The standard InChI is InChI=1S/C21H20BrN3O2/c1-14-3-2-4-16(11-14)24-7-9-25(10-8-24)21(27)18-13-20(26)23-19-6-5-15(22)12-17(18)19/h2-6,11-13H,7-10H2,1H3,(H,23,26). The van der Waals surface area contributed by atoms with Crippen molar-refractivity contribution in [2.24, 2.45) is 0 Å². The second-order valence-electron chi connectivity index (χ2n) is 6.86. The van der Waals surface area contributed by atoms with E-state index in [9.17, 15) is 9.59 Å². The predicted molar refractivity (Wildman–Crippen MR) is 112 cm³/mol. The van der Waals surface area contributed by atoms with Crippen molar-refractivity contribution >= 4 is 38.4 Å². The Kier molecular flexibility index (Phi) is 4.74. The molecule has 1 aliphatic heterocycles. The van der Waals surface area contributed by atoms with E-state index in [-0.39, 0.29) is 11.5 Å². The zero-order chi connectivity index (χ0) is 19.0. The molecule has 2 aromatic carbocycles. The number of anilines is 1. The quantitative estimate of drug-likeness (QED) is 0.682. The third kappa shape index (κ3) is 3.62. The van der Waals surface area contributed by atoms with Crippen LogP contribution in [0.2, 0.25) is 0 Å². The van der Waals surface area contributed by atoms with Crippen molar-refractivity contribution in [1.29, 1.82) is 0 Å². The molecule has 6 heteroatoms. The minimum atomic E-state index is -0.258. The summed E-state index contributed by atoms with van der Waals surface area (Å²) in [4.78, 5) is 32.0. The molecule has 5 nitrogen and oxygen atoms in total. The molecule has 0 aliphatic carbocycles. The molecule has 1 amide bonds. The summed E-state index contributed by atoms with van der Waals surface area (Å²) in [6.07, 6.45) is 0. The molecule has 1 N–H and O–H groups in total. The number of carbonyl (C=O) groups is 1. The third-order valence-electron chi connectivity index (χ3n) is 4.97. The Balaban J connectivity index is 1.57. The van der Waals surface area contributed by atoms with E-state index < -0.39 is 0 Å². The van der Waals surface area contributed by atoms with Gasteiger partial charge < -0.3 is 14.8 Å². The van der Waals surface area contributed by atoms with E-state index in [2.05, 4.69) is 57.0 Å². The highest BCUT2D eigenvalue weighted by Gasteiger charge is 2.24. The SMILES string of the molecule is Cc1cccc(N2CCN(C(=O)c3cc(=O)[nH]c4ccc(Br)cc34)CC2)c1. The molecule has 27 heavy (non-hydrogen) atoms. The Morgan fingerprint density at radius 2 is 1.81 bits per heavy atom. The summed E-state index contributed by atoms with van der Waals surface area (Å²) in [5.41, 5.74) is 3.29. The average Bonchev–Trinajstić information content (AvgIpc) is 2.67. The topological polar surface area (TPSA) is 56.4 Å². The summed E-state index contributed by atoms with van der Waals surface area (Å²) in [5, 5.41) is 0.759. The van der Waals surface area contributed by atoms with E-state index in [1.165, 1.54) is 17.3 Å². The van der Waals surface area contributed by atoms with Gasteiger partial charge in [0.2, 0.25) is 5.56 Å². The van der Waals surface area contributed by atoms with Gasteiger partial charge in [-0.1, -0.05) is 28.1 Å². The number of aromatic nitrogens is 1. The Hall–Kier alpha value is -2.60. The summed E-state index contributed by atoms with van der Waals surface area (Å²) in [5.74, 6) is -0.0897. The highest BCUT2D eigenvalue weighted by atomic mass is 79.9. The number of rotatable bonds is 2. The van der Waals surface area contributed by atoms with Gasteiger partial charge in [-0.2, -0.15) is 0 Å². The lowest BCUT2D eigenvalue weighted by Gasteiger charge is -2.36. The lowest BCUT2D eigenvalue weighted by Crippen LogP contribution is -2.49. The van der Waals surface area contributed by atoms with Gasteiger partial charge >= 0.3 is 0 Å². The van der Waals surface area contributed by atoms with Crippen LogP contribution in [-0.4, -0.2) is 42.0 Å². The number of nitrogens with zero attached hydrogens (tertiary/aromatic N) is 2. The normalized spacial score (nSPS) is 14.6. The third-order valence-corrected chi connectivity index (χ3v) is 5.46. The first-order chi connectivity index (χ1) is 13.0. The van der Waals surface area contributed by atoms with E-state index in [1.54, 1.807) is 0 Å². The second kappa shape index (κ2) is 7.19. The molecule has 1 saturated heterocycles. The molecular weight excluding hydrogens is 406 g/mol. The number of piperazine rings is 1. The first-order valence-corrected chi connectivity index (χ1v) is 9.74. The number of aromatic amines is 1. The highest BCUT2D eigenvalue weighted by molar-refractivity contribution is 9.10. The fraction of sp³-hybridized carbons (Fsp3) is 0.238. The smallest absolute Gasteiger partial charge is 0.254 e. The van der Waals surface area contributed by atoms with Gasteiger partial charge in [0.15, 0.2) is 0 Å². The molecule has 2 heterocycles. The summed E-state index contributed by atoms with van der Waals surface area (Å²) in [6, 6.07) is 15.4. The van der Waals surface area contributed by atoms with Crippen molar-refractivity contribution in [2.75, 3.05) is 31.1 Å². The summed E-state index contributed by atoms with van der Waals surface area (Å²) >= 11 is 3.45. The lowest BCUT2D eigenvalue weighted by molar-refractivity contribution is 0.0748. The molecule has 1 fully saturated rings. The van der Waals surface area contributed by atoms with Crippen molar-refractivity contribution in [1.82, 2.24) is 9.88 Å². The van der Waals surface area contributed by atoms with Crippen LogP contribution in [0.1, 0.15) is 15.9 Å². The van der Waals surface area contributed by atoms with Gasteiger partial charge in [-0.25, -0.2) is 0 Å². The van der Waals surface area contributed by atoms with Gasteiger partial charge in [-0.3, -0.25) is 9.59 Å². The highest BCUT2D eigenvalue weighted by Crippen LogP contribution is 2.23. The van der Waals surface area contributed by atoms with Crippen molar-refractivity contribution in [2.45, 2.75) is 6.92 Å². The van der Waals surface area contributed by atoms with Crippen LogP contribution in [0.3, 0.4) is 0 Å². The number of benzene rings is 2. The maximum Gasteiger partial charge on any atom is 0.254 e. The minimum Gasteiger partial charge on any atom is -0.368 e. The van der Waals surface area contributed by atoms with E-state index in [4.69, 9.17) is 0 Å². The van der Waals surface area contributed by atoms with Gasteiger partial charge in [-0.15, -0.1) is 0 Å². The number of carbonyl (C=O) groups excluding carboxylic acids is 1. The van der Waals surface area contributed by atoms with Crippen molar-refractivity contribution in [3.63, 3.8) is 0 Å². The van der Waals surface area contributed by atoms with Gasteiger partial charge in [0.1, 0.15) is 0 Å². The number of aryl methyl sites for hydroxylation is 1. The number of fused-ring (bicyclic) bond motifs is 1. The molecule has 138 valence electrons. The van der Waals surface area contributed by atoms with Crippen LogP contribution in [0.4, 0.5) is 5.69 Å². The first-order valence-electron chi connectivity index (χ1n) is 8.95. The maximum absolute atomic E-state index is 13.1. The number of hydrogen-bond acceptors (Lipinski definition) is 3. The van der Waals surface area contributed by atoms with Gasteiger partial charge in [0, 0.05) is 53.3 Å². The van der Waals surface area contributed by atoms with E-state index in [0.29, 0.717) is 24.2 Å². The van der Waals surface area contributed by atoms with Crippen LogP contribution >= 0.6 is 15.9 Å². The number of hydrogen-bond donors (Lipinski definition) is 1. The average molecular weight is 426 g/mol. The second-order valence-corrected chi connectivity index (χ2v) is 7.77. The van der Waals surface area contributed by atoms with Crippen molar-refractivity contribution in [3.8, 4) is 0 Å². The molecule has 0 unspecified atom stereocenters. The van der Waals surface area contributed by atoms with Crippen LogP contribution in [-0.2, 0) is 0 Å². The number of halogens is 1. The monoisotopic (exact) mass is 425 g/mol. The van der Waals surface area contributed by atoms with Crippen LogP contribution in [0.25, 0.3) is 10.9 Å². The molecule has 0 saturated carbocycles. The number of nitrogens with one attached hydrogen (secondary N) is 1. The van der Waals surface area contributed by atoms with Crippen LogP contribution < -0.4 is 10.5 Å². The van der Waals surface area contributed by atoms with E-state index in [0.717, 1.165) is 22.9 Å². The molecule has 0 radical (unpaired) electrons. The van der Waals surface area contributed by atoms with Gasteiger partial charge in [-0.05, 0) is 42.8 Å². The molecule has 0 spiro atoms. The largest absolute Gasteiger partial charge is 0.368 e. The van der Waals surface area contributed by atoms with Crippen LogP contribution in [0, 0.1) is 6.92 Å². The van der Waals surface area contributed by atoms with Gasteiger partial charge in [0.25, 0.3) is 5.91 Å². The minimum absolute atomic E-state index is 0.0897. The van der Waals surface area contributed by atoms with E-state index >= 15 is 0 Å². The Morgan fingerprint density at radius 1 is 1.04 bits per heavy atom. The van der Waals surface area contributed by atoms with Crippen LogP contribution in [0.5, 0.6) is 0 Å². The van der Waals surface area contributed by atoms with Crippen molar-refractivity contribution in [3.05, 3.63) is 74.5 Å². The molecule has 4 rings (SSSR count). The van der Waals surface area contributed by atoms with Gasteiger partial charge in [0.05, 0.1) is 5.56 Å². The first kappa shape index (κ1) is 17.8. The van der Waals surface area contributed by atoms with Crippen LogP contribution in [0.15, 0.2) is 57.8 Å². The number of amides is 1. The Bertz CT molecular complexity index is 1070. The zero-order valence-electron chi connectivity index (χ0n) is 15.0. The molecular formula is C21H20BrN3O2. The molecule has 1 aliphatic rings. The summed E-state index contributed by atoms with van der Waals surface area (Å²) < 4.78 is 0.875. The van der Waals surface area contributed by atoms with Crippen molar-refractivity contribution < 1.29 is 4.79 Å². The molecule has 3 aromatic rings. The predicted octanol–water partition coefficient (Wildman–Crippen LogP) is 3.56.